The Bertz CT molecular complexity index is 341. The summed E-state index contributed by atoms with van der Waals surface area (Å²) in [5.74, 6) is 0.146. The zero-order valence-corrected chi connectivity index (χ0v) is 7.87. The number of carbonyl (C=O) groups is 1. The van der Waals surface area contributed by atoms with Crippen LogP contribution in [0.3, 0.4) is 0 Å². The minimum absolute atomic E-state index is 0.146. The quantitative estimate of drug-likeness (QED) is 0.692. The summed E-state index contributed by atoms with van der Waals surface area (Å²) >= 11 is 0. The van der Waals surface area contributed by atoms with Gasteiger partial charge in [0.15, 0.2) is 5.78 Å². The van der Waals surface area contributed by atoms with Crippen molar-refractivity contribution in [3.63, 3.8) is 0 Å². The molecule has 0 fully saturated rings. The number of rotatable bonds is 1. The number of ketones is 1. The Morgan fingerprint density at radius 2 is 2.31 bits per heavy atom. The van der Waals surface area contributed by atoms with Gasteiger partial charge in [0.05, 0.1) is 17.8 Å². The molecule has 0 spiro atoms. The molecule has 0 saturated heterocycles. The summed E-state index contributed by atoms with van der Waals surface area (Å²) < 4.78 is 1.84. The van der Waals surface area contributed by atoms with Gasteiger partial charge in [0.2, 0.25) is 0 Å². The molecule has 4 nitrogen and oxygen atoms in total. The molecule has 0 radical (unpaired) electrons. The summed E-state index contributed by atoms with van der Waals surface area (Å²) in [4.78, 5) is 11.4. The SMILES string of the molecule is CC(C)n1cc2c(n1)CNCC2=O. The van der Waals surface area contributed by atoms with Crippen LogP contribution in [0.5, 0.6) is 0 Å². The fourth-order valence-corrected chi connectivity index (χ4v) is 1.45. The number of hydrogen-bond acceptors (Lipinski definition) is 3. The topological polar surface area (TPSA) is 46.9 Å². The molecule has 13 heavy (non-hydrogen) atoms. The molecule has 0 unspecified atom stereocenters. The summed E-state index contributed by atoms with van der Waals surface area (Å²) in [5.41, 5.74) is 1.66. The number of nitrogens with one attached hydrogen (secondary N) is 1. The molecule has 0 saturated carbocycles. The van der Waals surface area contributed by atoms with Crippen LogP contribution in [-0.4, -0.2) is 22.1 Å². The van der Waals surface area contributed by atoms with Crippen LogP contribution in [0, 0.1) is 0 Å². The first kappa shape index (κ1) is 8.44. The molecule has 1 N–H and O–H groups in total. The van der Waals surface area contributed by atoms with Gasteiger partial charge in [-0.25, -0.2) is 0 Å². The average molecular weight is 179 g/mol. The maximum absolute atomic E-state index is 11.4. The van der Waals surface area contributed by atoms with E-state index in [1.165, 1.54) is 0 Å². The smallest absolute Gasteiger partial charge is 0.180 e. The Balaban J connectivity index is 2.42. The van der Waals surface area contributed by atoms with Crippen molar-refractivity contribution < 1.29 is 4.79 Å². The molecule has 1 aliphatic heterocycles. The van der Waals surface area contributed by atoms with Crippen LogP contribution in [0.4, 0.5) is 0 Å². The van der Waals surface area contributed by atoms with Gasteiger partial charge >= 0.3 is 0 Å². The van der Waals surface area contributed by atoms with Gasteiger partial charge in [-0.05, 0) is 13.8 Å². The van der Waals surface area contributed by atoms with Crippen molar-refractivity contribution in [3.8, 4) is 0 Å². The van der Waals surface area contributed by atoms with E-state index in [4.69, 9.17) is 0 Å². The van der Waals surface area contributed by atoms with Gasteiger partial charge in [0, 0.05) is 18.8 Å². The second-order valence-electron chi connectivity index (χ2n) is 3.59. The van der Waals surface area contributed by atoms with E-state index in [0.717, 1.165) is 11.3 Å². The second-order valence-corrected chi connectivity index (χ2v) is 3.59. The van der Waals surface area contributed by atoms with Crippen molar-refractivity contribution in [2.45, 2.75) is 26.4 Å². The zero-order chi connectivity index (χ0) is 9.42. The fraction of sp³-hybridized carbons (Fsp3) is 0.556. The standard InChI is InChI=1S/C9H13N3O/c1-6(2)12-5-7-8(11-12)3-10-4-9(7)13/h5-6,10H,3-4H2,1-2H3. The number of aromatic nitrogens is 2. The van der Waals surface area contributed by atoms with Crippen molar-refractivity contribution in [1.82, 2.24) is 15.1 Å². The van der Waals surface area contributed by atoms with E-state index in [2.05, 4.69) is 24.3 Å². The molecule has 0 aliphatic carbocycles. The molecule has 1 aromatic rings. The third-order valence-electron chi connectivity index (χ3n) is 2.22. The van der Waals surface area contributed by atoms with E-state index in [1.807, 2.05) is 10.9 Å². The second kappa shape index (κ2) is 2.96. The Hall–Kier alpha value is -1.16. The maximum Gasteiger partial charge on any atom is 0.180 e. The lowest BCUT2D eigenvalue weighted by Crippen LogP contribution is -2.29. The maximum atomic E-state index is 11.4. The van der Waals surface area contributed by atoms with Gasteiger partial charge in [-0.2, -0.15) is 5.10 Å². The van der Waals surface area contributed by atoms with Crippen molar-refractivity contribution in [1.29, 1.82) is 0 Å². The molecule has 0 bridgehead atoms. The molecule has 2 heterocycles. The normalized spacial score (nSPS) is 16.4. The molecular formula is C9H13N3O. The first-order valence-corrected chi connectivity index (χ1v) is 4.50. The molecule has 2 rings (SSSR count). The first-order chi connectivity index (χ1) is 6.18. The largest absolute Gasteiger partial charge is 0.304 e. The van der Waals surface area contributed by atoms with Gasteiger partial charge in [0.1, 0.15) is 0 Å². The van der Waals surface area contributed by atoms with Crippen LogP contribution < -0.4 is 5.32 Å². The number of carbonyl (C=O) groups excluding carboxylic acids is 1. The Morgan fingerprint density at radius 1 is 1.54 bits per heavy atom. The van der Waals surface area contributed by atoms with Crippen LogP contribution in [-0.2, 0) is 6.54 Å². The zero-order valence-electron chi connectivity index (χ0n) is 7.87. The van der Waals surface area contributed by atoms with Crippen LogP contribution in [0.2, 0.25) is 0 Å². The highest BCUT2D eigenvalue weighted by Gasteiger charge is 2.20. The van der Waals surface area contributed by atoms with Gasteiger partial charge in [-0.3, -0.25) is 9.48 Å². The van der Waals surface area contributed by atoms with Crippen molar-refractivity contribution >= 4 is 5.78 Å². The number of fused-ring (bicyclic) bond motifs is 1. The van der Waals surface area contributed by atoms with Crippen molar-refractivity contribution in [3.05, 3.63) is 17.5 Å². The molecular weight excluding hydrogens is 166 g/mol. The van der Waals surface area contributed by atoms with Crippen LogP contribution in [0.1, 0.15) is 35.9 Å². The molecule has 0 atom stereocenters. The molecule has 1 aromatic heterocycles. The molecule has 0 aromatic carbocycles. The van der Waals surface area contributed by atoms with E-state index in [-0.39, 0.29) is 5.78 Å². The molecule has 4 heteroatoms. The lowest BCUT2D eigenvalue weighted by atomic mass is 10.1. The monoisotopic (exact) mass is 179 g/mol. The summed E-state index contributed by atoms with van der Waals surface area (Å²) in [6, 6.07) is 0.318. The number of nitrogens with zero attached hydrogens (tertiary/aromatic N) is 2. The minimum Gasteiger partial charge on any atom is -0.304 e. The summed E-state index contributed by atoms with van der Waals surface area (Å²) in [6.07, 6.45) is 1.85. The lowest BCUT2D eigenvalue weighted by Gasteiger charge is -2.08. The predicted octanol–water partition coefficient (Wildman–Crippen LogP) is 0.750. The van der Waals surface area contributed by atoms with Gasteiger partial charge in [0.25, 0.3) is 0 Å². The van der Waals surface area contributed by atoms with Crippen LogP contribution >= 0.6 is 0 Å². The summed E-state index contributed by atoms with van der Waals surface area (Å²) in [6.45, 7) is 5.25. The average Bonchev–Trinajstić information content (AvgIpc) is 2.49. The van der Waals surface area contributed by atoms with Crippen LogP contribution in [0.25, 0.3) is 0 Å². The summed E-state index contributed by atoms with van der Waals surface area (Å²) in [5, 5.41) is 7.35. The predicted molar refractivity (Wildman–Crippen MR) is 48.6 cm³/mol. The van der Waals surface area contributed by atoms with Gasteiger partial charge < -0.3 is 5.32 Å². The fourth-order valence-electron chi connectivity index (χ4n) is 1.45. The summed E-state index contributed by atoms with van der Waals surface area (Å²) in [7, 11) is 0. The van der Waals surface area contributed by atoms with Crippen molar-refractivity contribution in [2.75, 3.05) is 6.54 Å². The molecule has 0 amide bonds. The van der Waals surface area contributed by atoms with E-state index < -0.39 is 0 Å². The van der Waals surface area contributed by atoms with Crippen LogP contribution in [0.15, 0.2) is 6.20 Å². The Labute approximate surface area is 76.9 Å². The van der Waals surface area contributed by atoms with E-state index in [0.29, 0.717) is 19.1 Å². The highest BCUT2D eigenvalue weighted by molar-refractivity contribution is 5.99. The Morgan fingerprint density at radius 3 is 2.92 bits per heavy atom. The lowest BCUT2D eigenvalue weighted by molar-refractivity contribution is 0.0982. The van der Waals surface area contributed by atoms with E-state index in [9.17, 15) is 4.79 Å². The number of hydrogen-bond donors (Lipinski definition) is 1. The number of Topliss-reactive ketones (excluding diaryl/α,β-unsaturated/α-hetero) is 1. The van der Waals surface area contributed by atoms with Gasteiger partial charge in [-0.1, -0.05) is 0 Å². The Kier molecular flexibility index (Phi) is 1.92. The third kappa shape index (κ3) is 1.37. The van der Waals surface area contributed by atoms with E-state index >= 15 is 0 Å². The highest BCUT2D eigenvalue weighted by atomic mass is 16.1. The van der Waals surface area contributed by atoms with Crippen molar-refractivity contribution in [2.24, 2.45) is 0 Å². The minimum atomic E-state index is 0.146. The third-order valence-corrected chi connectivity index (χ3v) is 2.22. The molecule has 70 valence electrons. The first-order valence-electron chi connectivity index (χ1n) is 4.50. The van der Waals surface area contributed by atoms with Gasteiger partial charge in [-0.15, -0.1) is 0 Å². The van der Waals surface area contributed by atoms with E-state index in [1.54, 1.807) is 0 Å². The highest BCUT2D eigenvalue weighted by Crippen LogP contribution is 2.14. The molecule has 1 aliphatic rings.